The van der Waals surface area contributed by atoms with E-state index in [2.05, 4.69) is 5.92 Å². The minimum absolute atomic E-state index is 0.0654. The van der Waals surface area contributed by atoms with Crippen LogP contribution in [0.1, 0.15) is 11.6 Å². The van der Waals surface area contributed by atoms with Crippen molar-refractivity contribution in [3.05, 3.63) is 34.4 Å². The molecule has 0 aliphatic rings. The van der Waals surface area contributed by atoms with Crippen molar-refractivity contribution in [1.29, 1.82) is 0 Å². The molecule has 0 bridgehead atoms. The molecule has 0 spiro atoms. The molecule has 0 saturated heterocycles. The minimum Gasteiger partial charge on any atom is -0.314 e. The molecule has 0 fully saturated rings. The smallest absolute Gasteiger partial charge is 0.142 e. The van der Waals surface area contributed by atoms with Gasteiger partial charge in [0.2, 0.25) is 0 Å². The van der Waals surface area contributed by atoms with Gasteiger partial charge in [-0.2, -0.15) is 0 Å². The molecular weight excluding hydrogens is 196 g/mol. The molecule has 1 aromatic rings. The molecule has 68 valence electrons. The van der Waals surface area contributed by atoms with Crippen LogP contribution in [-0.4, -0.2) is 0 Å². The minimum atomic E-state index is -0.952. The van der Waals surface area contributed by atoms with Crippen molar-refractivity contribution in [2.75, 3.05) is 0 Å². The van der Waals surface area contributed by atoms with E-state index in [4.69, 9.17) is 23.8 Å². The monoisotopic (exact) mass is 201 g/mol. The molecule has 0 radical (unpaired) electrons. The third kappa shape index (κ3) is 1.97. The summed E-state index contributed by atoms with van der Waals surface area (Å²) in [5.41, 5.74) is 5.26. The molecule has 0 heterocycles. The number of hydrogen-bond donors (Lipinski definition) is 1. The number of rotatable bonds is 1. The average molecular weight is 202 g/mol. The number of halogens is 3. The normalized spacial score (nSPS) is 12.2. The maximum atomic E-state index is 13.0. The van der Waals surface area contributed by atoms with E-state index in [0.29, 0.717) is 0 Å². The zero-order valence-corrected chi connectivity index (χ0v) is 7.28. The van der Waals surface area contributed by atoms with Gasteiger partial charge in [-0.3, -0.25) is 0 Å². The third-order valence-electron chi connectivity index (χ3n) is 1.55. The number of nitrogens with two attached hydrogens (primary N) is 1. The van der Waals surface area contributed by atoms with E-state index in [1.54, 1.807) is 0 Å². The quantitative estimate of drug-likeness (QED) is 0.547. The summed E-state index contributed by atoms with van der Waals surface area (Å²) in [6, 6.07) is 0.804. The Labute approximate surface area is 79.5 Å². The first kappa shape index (κ1) is 9.97. The third-order valence-corrected chi connectivity index (χ3v) is 1.84. The van der Waals surface area contributed by atoms with Crippen molar-refractivity contribution in [3.63, 3.8) is 0 Å². The first-order valence-electron chi connectivity index (χ1n) is 3.42. The van der Waals surface area contributed by atoms with Crippen molar-refractivity contribution in [1.82, 2.24) is 0 Å². The molecule has 13 heavy (non-hydrogen) atoms. The molecular formula is C9H6ClF2N. The van der Waals surface area contributed by atoms with Gasteiger partial charge in [0.05, 0.1) is 11.1 Å². The predicted molar refractivity (Wildman–Crippen MR) is 47.1 cm³/mol. The first-order valence-corrected chi connectivity index (χ1v) is 3.80. The van der Waals surface area contributed by atoms with Crippen molar-refractivity contribution in [2.45, 2.75) is 6.04 Å². The Balaban J connectivity index is 3.25. The van der Waals surface area contributed by atoms with Gasteiger partial charge in [0.1, 0.15) is 11.6 Å². The van der Waals surface area contributed by atoms with Crippen molar-refractivity contribution < 1.29 is 8.78 Å². The summed E-state index contributed by atoms with van der Waals surface area (Å²) in [5.74, 6) is 0.667. The fraction of sp³-hybridized carbons (Fsp3) is 0.111. The molecule has 1 nitrogen and oxygen atoms in total. The lowest BCUT2D eigenvalue weighted by Gasteiger charge is -2.06. The predicted octanol–water partition coefficient (Wildman–Crippen LogP) is 2.25. The number of hydrogen-bond acceptors (Lipinski definition) is 1. The van der Waals surface area contributed by atoms with Crippen LogP contribution in [0.15, 0.2) is 12.1 Å². The number of terminal acetylenes is 1. The molecule has 0 aromatic heterocycles. The van der Waals surface area contributed by atoms with Crippen LogP contribution in [0, 0.1) is 24.0 Å². The Morgan fingerprint density at radius 3 is 2.54 bits per heavy atom. The lowest BCUT2D eigenvalue weighted by Crippen LogP contribution is -2.10. The molecule has 0 saturated carbocycles. The van der Waals surface area contributed by atoms with Crippen LogP contribution in [0.5, 0.6) is 0 Å². The summed E-state index contributed by atoms with van der Waals surface area (Å²) in [4.78, 5) is 0. The Hall–Kier alpha value is -1.11. The lowest BCUT2D eigenvalue weighted by atomic mass is 10.1. The van der Waals surface area contributed by atoms with Crippen LogP contribution < -0.4 is 5.73 Å². The van der Waals surface area contributed by atoms with E-state index >= 15 is 0 Å². The molecule has 0 amide bonds. The van der Waals surface area contributed by atoms with Crippen LogP contribution in [-0.2, 0) is 0 Å². The summed E-state index contributed by atoms with van der Waals surface area (Å²) in [5, 5.41) is -0.287. The molecule has 1 rings (SSSR count). The van der Waals surface area contributed by atoms with E-state index < -0.39 is 17.7 Å². The van der Waals surface area contributed by atoms with Gasteiger partial charge in [0.15, 0.2) is 0 Å². The molecule has 2 N–H and O–H groups in total. The maximum absolute atomic E-state index is 13.0. The second-order valence-corrected chi connectivity index (χ2v) is 2.84. The zero-order valence-electron chi connectivity index (χ0n) is 6.52. The van der Waals surface area contributed by atoms with E-state index in [0.717, 1.165) is 12.1 Å². The lowest BCUT2D eigenvalue weighted by molar-refractivity contribution is 0.581. The summed E-state index contributed by atoms with van der Waals surface area (Å²) in [6.07, 6.45) is 4.96. The highest BCUT2D eigenvalue weighted by Gasteiger charge is 2.12. The Kier molecular flexibility index (Phi) is 2.86. The van der Waals surface area contributed by atoms with Crippen LogP contribution in [0.25, 0.3) is 0 Å². The summed E-state index contributed by atoms with van der Waals surface area (Å²) >= 11 is 5.33. The van der Waals surface area contributed by atoms with Gasteiger partial charge in [-0.05, 0) is 12.1 Å². The highest BCUT2D eigenvalue weighted by molar-refractivity contribution is 6.30. The zero-order chi connectivity index (χ0) is 10.0. The summed E-state index contributed by atoms with van der Waals surface area (Å²) in [6.45, 7) is 0. The topological polar surface area (TPSA) is 26.0 Å². The van der Waals surface area contributed by atoms with Crippen molar-refractivity contribution in [2.24, 2.45) is 5.73 Å². The second kappa shape index (κ2) is 3.73. The molecule has 0 aliphatic heterocycles. The average Bonchev–Trinajstić information content (AvgIpc) is 2.10. The van der Waals surface area contributed by atoms with E-state index in [1.165, 1.54) is 0 Å². The van der Waals surface area contributed by atoms with Gasteiger partial charge < -0.3 is 5.73 Å². The van der Waals surface area contributed by atoms with Gasteiger partial charge in [0, 0.05) is 5.56 Å². The van der Waals surface area contributed by atoms with Gasteiger partial charge in [-0.25, -0.2) is 8.78 Å². The van der Waals surface area contributed by atoms with Crippen molar-refractivity contribution >= 4 is 11.6 Å². The van der Waals surface area contributed by atoms with E-state index in [1.807, 2.05) is 0 Å². The van der Waals surface area contributed by atoms with Crippen LogP contribution in [0.4, 0.5) is 8.78 Å². The van der Waals surface area contributed by atoms with Crippen LogP contribution in [0.3, 0.4) is 0 Å². The van der Waals surface area contributed by atoms with Crippen molar-refractivity contribution in [3.8, 4) is 12.3 Å². The highest BCUT2D eigenvalue weighted by atomic mass is 35.5. The Morgan fingerprint density at radius 2 is 2.00 bits per heavy atom. The van der Waals surface area contributed by atoms with E-state index in [-0.39, 0.29) is 10.6 Å². The van der Waals surface area contributed by atoms with Crippen LogP contribution in [0.2, 0.25) is 5.02 Å². The fourth-order valence-corrected chi connectivity index (χ4v) is 1.02. The van der Waals surface area contributed by atoms with Gasteiger partial charge in [-0.1, -0.05) is 17.5 Å². The van der Waals surface area contributed by atoms with E-state index in [9.17, 15) is 8.78 Å². The molecule has 1 aromatic carbocycles. The Morgan fingerprint density at radius 1 is 1.38 bits per heavy atom. The Bertz CT molecular complexity index is 371. The largest absolute Gasteiger partial charge is 0.314 e. The summed E-state index contributed by atoms with van der Waals surface area (Å²) < 4.78 is 25.9. The van der Waals surface area contributed by atoms with Crippen LogP contribution >= 0.6 is 11.6 Å². The molecule has 1 unspecified atom stereocenters. The highest BCUT2D eigenvalue weighted by Crippen LogP contribution is 2.22. The van der Waals surface area contributed by atoms with Gasteiger partial charge >= 0.3 is 0 Å². The molecule has 4 heteroatoms. The second-order valence-electron chi connectivity index (χ2n) is 2.43. The molecule has 1 atom stereocenters. The summed E-state index contributed by atoms with van der Waals surface area (Å²) in [7, 11) is 0. The maximum Gasteiger partial charge on any atom is 0.142 e. The van der Waals surface area contributed by atoms with Gasteiger partial charge in [-0.15, -0.1) is 6.42 Å². The van der Waals surface area contributed by atoms with Gasteiger partial charge in [0.25, 0.3) is 0 Å². The number of benzene rings is 1. The molecule has 0 aliphatic carbocycles. The first-order chi connectivity index (χ1) is 6.06. The SMILES string of the molecule is C#CC(N)c1cc(F)c(Cl)cc1F. The fourth-order valence-electron chi connectivity index (χ4n) is 0.866. The standard InChI is InChI=1S/C9H6ClF2N/c1-2-9(13)5-3-8(12)6(10)4-7(5)11/h1,3-4,9H,13H2.